The van der Waals surface area contributed by atoms with Gasteiger partial charge in [0.2, 0.25) is 0 Å². The number of fused-ring (bicyclic) bond motifs is 1. The van der Waals surface area contributed by atoms with E-state index < -0.39 is 6.04 Å². The molecule has 158 valence electrons. The first-order valence-corrected chi connectivity index (χ1v) is 11.4. The van der Waals surface area contributed by atoms with E-state index in [2.05, 4.69) is 0 Å². The van der Waals surface area contributed by atoms with Gasteiger partial charge in [0.1, 0.15) is 5.82 Å². The zero-order valence-corrected chi connectivity index (χ0v) is 18.9. The Balaban J connectivity index is 1.93. The van der Waals surface area contributed by atoms with Crippen molar-refractivity contribution in [2.24, 2.45) is 0 Å². The van der Waals surface area contributed by atoms with Crippen molar-refractivity contribution < 1.29 is 4.79 Å². The van der Waals surface area contributed by atoms with Crippen LogP contribution in [0, 0.1) is 0 Å². The predicted molar refractivity (Wildman–Crippen MR) is 126 cm³/mol. The minimum Gasteiger partial charge on any atom is -0.328 e. The Kier molecular flexibility index (Phi) is 6.20. The summed E-state index contributed by atoms with van der Waals surface area (Å²) < 4.78 is 1.57. The molecule has 2 heterocycles. The van der Waals surface area contributed by atoms with Gasteiger partial charge in [-0.2, -0.15) is 0 Å². The van der Waals surface area contributed by atoms with Crippen molar-refractivity contribution in [3.05, 3.63) is 92.1 Å². The van der Waals surface area contributed by atoms with Crippen molar-refractivity contribution in [3.8, 4) is 5.69 Å². The molecule has 0 aliphatic heterocycles. The van der Waals surface area contributed by atoms with Crippen LogP contribution in [-0.4, -0.2) is 26.9 Å². The van der Waals surface area contributed by atoms with Gasteiger partial charge in [0.05, 0.1) is 27.5 Å². The smallest absolute Gasteiger partial charge is 0.266 e. The molecule has 31 heavy (non-hydrogen) atoms. The van der Waals surface area contributed by atoms with Gasteiger partial charge in [-0.15, -0.1) is 11.3 Å². The number of rotatable bonds is 6. The summed E-state index contributed by atoms with van der Waals surface area (Å²) in [5.74, 6) is 0.439. The third-order valence-corrected chi connectivity index (χ3v) is 6.26. The molecular weight excluding hydrogens is 430 g/mol. The summed E-state index contributed by atoms with van der Waals surface area (Å²) in [6.07, 6.45) is 0.788. The van der Waals surface area contributed by atoms with Crippen molar-refractivity contribution in [3.63, 3.8) is 0 Å². The second kappa shape index (κ2) is 9.04. The number of benzene rings is 2. The van der Waals surface area contributed by atoms with Gasteiger partial charge in [0.25, 0.3) is 11.5 Å². The topological polar surface area (TPSA) is 55.2 Å². The number of hydrogen-bond acceptors (Lipinski definition) is 4. The molecule has 0 radical (unpaired) electrons. The third kappa shape index (κ3) is 4.13. The molecule has 0 N–H and O–H groups in total. The first-order chi connectivity index (χ1) is 15.0. The summed E-state index contributed by atoms with van der Waals surface area (Å²) >= 11 is 7.64. The standard InChI is InChI=1S/C24H22ClN3O2S/c1-3-13-27(24(30)21-12-7-14-31-21)16(2)22-26-20-11-5-4-10-19(20)23(29)28(22)18-9-6-8-17(25)15-18/h4-12,14-16H,3,13H2,1-2H3. The molecule has 2 aromatic carbocycles. The number of para-hydroxylation sites is 1. The Hall–Kier alpha value is -2.96. The minimum atomic E-state index is -0.425. The number of hydrogen-bond donors (Lipinski definition) is 0. The average molecular weight is 452 g/mol. The van der Waals surface area contributed by atoms with Crippen LogP contribution in [0.2, 0.25) is 5.02 Å². The highest BCUT2D eigenvalue weighted by atomic mass is 35.5. The Bertz CT molecular complexity index is 1280. The van der Waals surface area contributed by atoms with Crippen molar-refractivity contribution in [1.82, 2.24) is 14.5 Å². The van der Waals surface area contributed by atoms with E-state index in [0.717, 1.165) is 6.42 Å². The first kappa shape index (κ1) is 21.3. The molecule has 2 aromatic heterocycles. The van der Waals surface area contributed by atoms with Crippen LogP contribution in [-0.2, 0) is 0 Å². The quantitative estimate of drug-likeness (QED) is 0.377. The van der Waals surface area contributed by atoms with E-state index in [-0.39, 0.29) is 11.5 Å². The highest BCUT2D eigenvalue weighted by Gasteiger charge is 2.27. The molecule has 4 rings (SSSR count). The van der Waals surface area contributed by atoms with E-state index in [0.29, 0.717) is 38.9 Å². The Morgan fingerprint density at radius 1 is 1.16 bits per heavy atom. The fraction of sp³-hybridized carbons (Fsp3) is 0.208. The van der Waals surface area contributed by atoms with Gasteiger partial charge < -0.3 is 4.90 Å². The number of carbonyl (C=O) groups excluding carboxylic acids is 1. The molecule has 0 saturated carbocycles. The van der Waals surface area contributed by atoms with Crippen LogP contribution in [0.4, 0.5) is 0 Å². The van der Waals surface area contributed by atoms with E-state index in [4.69, 9.17) is 16.6 Å². The maximum atomic E-state index is 13.5. The molecule has 0 bridgehead atoms. The van der Waals surface area contributed by atoms with Crippen LogP contribution >= 0.6 is 22.9 Å². The Morgan fingerprint density at radius 2 is 1.97 bits per heavy atom. The van der Waals surface area contributed by atoms with Gasteiger partial charge in [-0.3, -0.25) is 14.2 Å². The normalized spacial score (nSPS) is 12.1. The van der Waals surface area contributed by atoms with E-state index in [1.54, 1.807) is 33.7 Å². The van der Waals surface area contributed by atoms with Crippen molar-refractivity contribution >= 4 is 39.7 Å². The van der Waals surface area contributed by atoms with Gasteiger partial charge >= 0.3 is 0 Å². The summed E-state index contributed by atoms with van der Waals surface area (Å²) in [5, 5.41) is 2.93. The van der Waals surface area contributed by atoms with Crippen LogP contribution in [0.25, 0.3) is 16.6 Å². The fourth-order valence-electron chi connectivity index (χ4n) is 3.69. The summed E-state index contributed by atoms with van der Waals surface area (Å²) in [6, 6.07) is 17.6. The largest absolute Gasteiger partial charge is 0.328 e. The van der Waals surface area contributed by atoms with Gasteiger partial charge in [-0.05, 0) is 55.1 Å². The zero-order chi connectivity index (χ0) is 22.0. The van der Waals surface area contributed by atoms with E-state index in [1.165, 1.54) is 11.3 Å². The molecule has 0 aliphatic rings. The lowest BCUT2D eigenvalue weighted by atomic mass is 10.1. The van der Waals surface area contributed by atoms with Gasteiger partial charge in [-0.25, -0.2) is 4.98 Å². The highest BCUT2D eigenvalue weighted by molar-refractivity contribution is 7.12. The number of carbonyl (C=O) groups is 1. The van der Waals surface area contributed by atoms with Crippen LogP contribution < -0.4 is 5.56 Å². The fourth-order valence-corrected chi connectivity index (χ4v) is 4.55. The highest BCUT2D eigenvalue weighted by Crippen LogP contribution is 2.26. The molecular formula is C24H22ClN3O2S. The maximum Gasteiger partial charge on any atom is 0.266 e. The second-order valence-electron chi connectivity index (χ2n) is 7.26. The van der Waals surface area contributed by atoms with Crippen LogP contribution in [0.3, 0.4) is 0 Å². The van der Waals surface area contributed by atoms with Crippen LogP contribution in [0.1, 0.15) is 41.8 Å². The number of thiophene rings is 1. The maximum absolute atomic E-state index is 13.5. The summed E-state index contributed by atoms with van der Waals surface area (Å²) in [5.41, 5.74) is 1.04. The number of amides is 1. The van der Waals surface area contributed by atoms with Gasteiger partial charge in [0, 0.05) is 11.6 Å². The minimum absolute atomic E-state index is 0.0654. The predicted octanol–water partition coefficient (Wildman–Crippen LogP) is 5.71. The molecule has 0 aliphatic carbocycles. The number of nitrogens with zero attached hydrogens (tertiary/aromatic N) is 3. The van der Waals surface area contributed by atoms with Gasteiger partial charge in [-0.1, -0.05) is 42.8 Å². The molecule has 7 heteroatoms. The molecule has 1 atom stereocenters. The molecule has 0 saturated heterocycles. The molecule has 1 amide bonds. The summed E-state index contributed by atoms with van der Waals surface area (Å²) in [4.78, 5) is 34.1. The zero-order valence-electron chi connectivity index (χ0n) is 17.3. The summed E-state index contributed by atoms with van der Waals surface area (Å²) in [6.45, 7) is 4.49. The number of aromatic nitrogens is 2. The van der Waals surface area contributed by atoms with Crippen molar-refractivity contribution in [2.75, 3.05) is 6.54 Å². The van der Waals surface area contributed by atoms with E-state index in [1.807, 2.05) is 55.6 Å². The summed E-state index contributed by atoms with van der Waals surface area (Å²) in [7, 11) is 0. The second-order valence-corrected chi connectivity index (χ2v) is 8.64. The molecule has 5 nitrogen and oxygen atoms in total. The lowest BCUT2D eigenvalue weighted by Crippen LogP contribution is -2.37. The van der Waals surface area contributed by atoms with Gasteiger partial charge in [0.15, 0.2) is 0 Å². The van der Waals surface area contributed by atoms with E-state index >= 15 is 0 Å². The van der Waals surface area contributed by atoms with Crippen LogP contribution in [0.5, 0.6) is 0 Å². The molecule has 1 unspecified atom stereocenters. The van der Waals surface area contributed by atoms with Crippen molar-refractivity contribution in [1.29, 1.82) is 0 Å². The average Bonchev–Trinajstić information content (AvgIpc) is 3.31. The first-order valence-electron chi connectivity index (χ1n) is 10.1. The lowest BCUT2D eigenvalue weighted by Gasteiger charge is -2.30. The Morgan fingerprint density at radius 3 is 2.68 bits per heavy atom. The third-order valence-electron chi connectivity index (χ3n) is 5.17. The lowest BCUT2D eigenvalue weighted by molar-refractivity contribution is 0.0686. The Labute approximate surface area is 189 Å². The van der Waals surface area contributed by atoms with Crippen molar-refractivity contribution in [2.45, 2.75) is 26.3 Å². The monoisotopic (exact) mass is 451 g/mol. The van der Waals surface area contributed by atoms with Crippen LogP contribution in [0.15, 0.2) is 70.8 Å². The van der Waals surface area contributed by atoms with E-state index in [9.17, 15) is 9.59 Å². The molecule has 0 spiro atoms. The SMILES string of the molecule is CCCN(C(=O)c1cccs1)C(C)c1nc2ccccc2c(=O)n1-c1cccc(Cl)c1. The molecule has 4 aromatic rings. The number of halogens is 1. The molecule has 0 fully saturated rings.